The second-order valence-corrected chi connectivity index (χ2v) is 4.80. The van der Waals surface area contributed by atoms with Gasteiger partial charge < -0.3 is 0 Å². The third-order valence-corrected chi connectivity index (χ3v) is 4.19. The van der Waals surface area contributed by atoms with Gasteiger partial charge in [0.25, 0.3) is 0 Å². The topological polar surface area (TPSA) is 23.8 Å². The van der Waals surface area contributed by atoms with Gasteiger partial charge in [0.15, 0.2) is 0 Å². The molecule has 0 N–H and O–H groups in total. The number of thiol groups is 1. The highest BCUT2D eigenvalue weighted by Gasteiger charge is 2.07. The summed E-state index contributed by atoms with van der Waals surface area (Å²) in [7, 11) is 0. The van der Waals surface area contributed by atoms with E-state index in [0.717, 1.165) is 20.3 Å². The van der Waals surface area contributed by atoms with Gasteiger partial charge in [0.1, 0.15) is 0 Å². The third kappa shape index (κ3) is 1.56. The fourth-order valence-electron chi connectivity index (χ4n) is 1.34. The average molecular weight is 284 g/mol. The van der Waals surface area contributed by atoms with E-state index in [0.29, 0.717) is 5.56 Å². The van der Waals surface area contributed by atoms with E-state index in [1.165, 1.54) is 5.56 Å². The van der Waals surface area contributed by atoms with Gasteiger partial charge in [0.05, 0.1) is 11.6 Å². The zero-order chi connectivity index (χ0) is 10.1. The molecule has 0 radical (unpaired) electrons. The van der Waals surface area contributed by atoms with Crippen LogP contribution in [0.4, 0.5) is 0 Å². The lowest BCUT2D eigenvalue weighted by Crippen LogP contribution is -1.78. The van der Waals surface area contributed by atoms with E-state index < -0.39 is 0 Å². The van der Waals surface area contributed by atoms with E-state index in [1.807, 2.05) is 6.07 Å². The fourth-order valence-corrected chi connectivity index (χ4v) is 3.40. The third-order valence-electron chi connectivity index (χ3n) is 2.01. The lowest BCUT2D eigenvalue weighted by molar-refractivity contribution is 1.46. The Morgan fingerprint density at radius 3 is 2.93 bits per heavy atom. The van der Waals surface area contributed by atoms with Gasteiger partial charge in [0, 0.05) is 14.9 Å². The number of benzene rings is 1. The van der Waals surface area contributed by atoms with E-state index >= 15 is 0 Å². The zero-order valence-corrected chi connectivity index (χ0v) is 10.4. The van der Waals surface area contributed by atoms with Crippen LogP contribution in [-0.4, -0.2) is 0 Å². The van der Waals surface area contributed by atoms with Gasteiger partial charge in [-0.25, -0.2) is 0 Å². The molecule has 0 spiro atoms. The quantitative estimate of drug-likeness (QED) is 0.622. The molecule has 4 heteroatoms. The monoisotopic (exact) mass is 283 g/mol. The summed E-state index contributed by atoms with van der Waals surface area (Å²) in [5.41, 5.74) is 1.89. The molecular formula is C10H6BrNS2. The highest BCUT2D eigenvalue weighted by Crippen LogP contribution is 2.33. The van der Waals surface area contributed by atoms with E-state index in [-0.39, 0.29) is 0 Å². The van der Waals surface area contributed by atoms with Gasteiger partial charge in [-0.1, -0.05) is 15.9 Å². The fraction of sp³-hybridized carbons (Fsp3) is 0.100. The summed E-state index contributed by atoms with van der Waals surface area (Å²) in [5.74, 6) is 0. The van der Waals surface area contributed by atoms with Crippen LogP contribution in [0.3, 0.4) is 0 Å². The Labute approximate surface area is 99.9 Å². The van der Waals surface area contributed by atoms with Crippen LogP contribution in [0, 0.1) is 11.3 Å². The molecule has 0 bridgehead atoms. The van der Waals surface area contributed by atoms with Crippen molar-refractivity contribution in [1.29, 1.82) is 5.26 Å². The van der Waals surface area contributed by atoms with Crippen LogP contribution in [0.25, 0.3) is 10.1 Å². The first-order chi connectivity index (χ1) is 6.76. The second kappa shape index (κ2) is 3.93. The van der Waals surface area contributed by atoms with Gasteiger partial charge in [-0.3, -0.25) is 0 Å². The van der Waals surface area contributed by atoms with E-state index in [2.05, 4.69) is 40.0 Å². The molecule has 1 nitrogen and oxygen atoms in total. The van der Waals surface area contributed by atoms with Gasteiger partial charge in [0.2, 0.25) is 0 Å². The smallest absolute Gasteiger partial charge is 0.0992 e. The highest BCUT2D eigenvalue weighted by atomic mass is 79.9. The molecule has 0 fully saturated rings. The van der Waals surface area contributed by atoms with E-state index in [1.54, 1.807) is 17.4 Å². The van der Waals surface area contributed by atoms with Crippen LogP contribution in [0.2, 0.25) is 0 Å². The van der Waals surface area contributed by atoms with Gasteiger partial charge in [-0.15, -0.1) is 24.0 Å². The number of rotatable bonds is 1. The SMILES string of the molecule is N#Cc1cc(S)c2scc(CBr)c2c1. The Morgan fingerprint density at radius 1 is 1.50 bits per heavy atom. The van der Waals surface area contributed by atoms with Crippen molar-refractivity contribution >= 4 is 50.0 Å². The minimum atomic E-state index is 0.670. The molecule has 2 aromatic rings. The summed E-state index contributed by atoms with van der Waals surface area (Å²) >= 11 is 9.47. The van der Waals surface area contributed by atoms with Gasteiger partial charge in [-0.2, -0.15) is 5.26 Å². The predicted molar refractivity (Wildman–Crippen MR) is 66.4 cm³/mol. The van der Waals surface area contributed by atoms with Crippen molar-refractivity contribution < 1.29 is 0 Å². The molecule has 0 atom stereocenters. The second-order valence-electron chi connectivity index (χ2n) is 2.88. The largest absolute Gasteiger partial charge is 0.192 e. The zero-order valence-electron chi connectivity index (χ0n) is 7.12. The Bertz CT molecular complexity index is 525. The Morgan fingerprint density at radius 2 is 2.29 bits per heavy atom. The van der Waals surface area contributed by atoms with Gasteiger partial charge in [-0.05, 0) is 28.5 Å². The first-order valence-electron chi connectivity index (χ1n) is 3.95. The van der Waals surface area contributed by atoms with Crippen molar-refractivity contribution in [2.45, 2.75) is 10.2 Å². The molecule has 1 aromatic heterocycles. The number of nitrogens with zero attached hydrogens (tertiary/aromatic N) is 1. The molecular weight excluding hydrogens is 278 g/mol. The molecule has 1 aromatic carbocycles. The Balaban J connectivity index is 2.82. The summed E-state index contributed by atoms with van der Waals surface area (Å²) in [6.07, 6.45) is 0. The molecule has 70 valence electrons. The minimum absolute atomic E-state index is 0.670. The summed E-state index contributed by atoms with van der Waals surface area (Å²) in [6.45, 7) is 0. The van der Waals surface area contributed by atoms with E-state index in [9.17, 15) is 0 Å². The van der Waals surface area contributed by atoms with Crippen LogP contribution < -0.4 is 0 Å². The van der Waals surface area contributed by atoms with Crippen molar-refractivity contribution in [3.8, 4) is 6.07 Å². The number of hydrogen-bond acceptors (Lipinski definition) is 3. The highest BCUT2D eigenvalue weighted by molar-refractivity contribution is 9.08. The first kappa shape index (κ1) is 10.0. The lowest BCUT2D eigenvalue weighted by atomic mass is 10.1. The molecule has 0 aliphatic carbocycles. The molecule has 14 heavy (non-hydrogen) atoms. The maximum atomic E-state index is 8.83. The number of fused-ring (bicyclic) bond motifs is 1. The number of alkyl halides is 1. The van der Waals surface area contributed by atoms with Crippen molar-refractivity contribution in [1.82, 2.24) is 0 Å². The number of hydrogen-bond donors (Lipinski definition) is 1. The number of halogens is 1. The van der Waals surface area contributed by atoms with Crippen LogP contribution >= 0.6 is 39.9 Å². The summed E-state index contributed by atoms with van der Waals surface area (Å²) < 4.78 is 1.15. The maximum Gasteiger partial charge on any atom is 0.0992 e. The first-order valence-corrected chi connectivity index (χ1v) is 6.40. The number of thiophene rings is 1. The van der Waals surface area contributed by atoms with Crippen molar-refractivity contribution in [2.24, 2.45) is 0 Å². The molecule has 0 amide bonds. The molecule has 0 saturated heterocycles. The van der Waals surface area contributed by atoms with Crippen LogP contribution in [0.15, 0.2) is 22.4 Å². The molecule has 1 heterocycles. The summed E-state index contributed by atoms with van der Waals surface area (Å²) in [6, 6.07) is 5.87. The maximum absolute atomic E-state index is 8.83. The minimum Gasteiger partial charge on any atom is -0.192 e. The Hall–Kier alpha value is -0.500. The molecule has 0 aliphatic heterocycles. The van der Waals surface area contributed by atoms with Crippen LogP contribution in [0.1, 0.15) is 11.1 Å². The predicted octanol–water partition coefficient (Wildman–Crippen LogP) is 3.96. The molecule has 2 rings (SSSR count). The summed E-state index contributed by atoms with van der Waals surface area (Å²) in [4.78, 5) is 0.885. The normalized spacial score (nSPS) is 10.4. The van der Waals surface area contributed by atoms with Crippen molar-refractivity contribution in [3.63, 3.8) is 0 Å². The van der Waals surface area contributed by atoms with E-state index in [4.69, 9.17) is 5.26 Å². The average Bonchev–Trinajstić information content (AvgIpc) is 2.61. The lowest BCUT2D eigenvalue weighted by Gasteiger charge is -1.97. The molecule has 0 unspecified atom stereocenters. The van der Waals surface area contributed by atoms with Gasteiger partial charge >= 0.3 is 0 Å². The summed E-state index contributed by atoms with van der Waals surface area (Å²) in [5, 5.41) is 12.9. The van der Waals surface area contributed by atoms with Crippen LogP contribution in [-0.2, 0) is 5.33 Å². The Kier molecular flexibility index (Phi) is 2.82. The molecule has 0 aliphatic rings. The molecule has 0 saturated carbocycles. The van der Waals surface area contributed by atoms with Crippen molar-refractivity contribution in [3.05, 3.63) is 28.6 Å². The van der Waals surface area contributed by atoms with Crippen LogP contribution in [0.5, 0.6) is 0 Å². The number of nitriles is 1. The van der Waals surface area contributed by atoms with Crippen molar-refractivity contribution in [2.75, 3.05) is 0 Å². The standard InChI is InChI=1S/C10H6BrNS2/c11-3-7-5-14-10-8(7)1-6(4-12)2-9(10)13/h1-2,5,13H,3H2.